The van der Waals surface area contributed by atoms with E-state index in [1.165, 1.54) is 173 Å². The molecule has 0 rings (SSSR count). The molecule has 40 heavy (non-hydrogen) atoms. The van der Waals surface area contributed by atoms with Gasteiger partial charge in [-0.15, -0.1) is 0 Å². The molecule has 1 nitrogen and oxygen atoms in total. The fraction of sp³-hybridized carbons (Fsp3) is 0.821. The van der Waals surface area contributed by atoms with Crippen LogP contribution in [0.1, 0.15) is 206 Å². The van der Waals surface area contributed by atoms with E-state index in [0.29, 0.717) is 12.2 Å². The summed E-state index contributed by atoms with van der Waals surface area (Å²) in [6, 6.07) is 0. The number of unbranched alkanes of at least 4 members (excludes halogenated alkanes) is 24. The monoisotopic (exact) mass is 557 g/mol. The van der Waals surface area contributed by atoms with Crippen molar-refractivity contribution in [1.82, 2.24) is 0 Å². The number of rotatable bonds is 33. The van der Waals surface area contributed by atoms with Gasteiger partial charge in [0.05, 0.1) is 0 Å². The summed E-state index contributed by atoms with van der Waals surface area (Å²) in [5.41, 5.74) is 0. The summed E-state index contributed by atoms with van der Waals surface area (Å²) in [4.78, 5) is 11.3. The van der Waals surface area contributed by atoms with E-state index in [4.69, 9.17) is 0 Å². The van der Waals surface area contributed by atoms with Crippen LogP contribution in [0.2, 0.25) is 0 Å². The van der Waals surface area contributed by atoms with E-state index in [9.17, 15) is 4.79 Å². The van der Waals surface area contributed by atoms with Crippen LogP contribution in [0.15, 0.2) is 36.5 Å². The van der Waals surface area contributed by atoms with E-state index in [0.717, 1.165) is 12.8 Å². The predicted molar refractivity (Wildman–Crippen MR) is 182 cm³/mol. The van der Waals surface area contributed by atoms with E-state index in [-0.39, 0.29) is 0 Å². The summed E-state index contributed by atoms with van der Waals surface area (Å²) in [5.74, 6) is 0.421. The third-order valence-electron chi connectivity index (χ3n) is 8.18. The predicted octanol–water partition coefficient (Wildman–Crippen LogP) is 14.0. The second-order valence-corrected chi connectivity index (χ2v) is 12.2. The quantitative estimate of drug-likeness (QED) is 0.0580. The number of Topliss-reactive ketones (excluding diaryl/α,β-unsaturated/α-hetero) is 1. The maximum Gasteiger partial charge on any atom is 0.132 e. The van der Waals surface area contributed by atoms with Gasteiger partial charge >= 0.3 is 0 Å². The van der Waals surface area contributed by atoms with Crippen LogP contribution in [0.5, 0.6) is 0 Å². The van der Waals surface area contributed by atoms with Gasteiger partial charge in [-0.1, -0.05) is 147 Å². The Morgan fingerprint density at radius 3 is 0.900 bits per heavy atom. The Morgan fingerprint density at radius 1 is 0.350 bits per heavy atom. The topological polar surface area (TPSA) is 17.1 Å². The summed E-state index contributed by atoms with van der Waals surface area (Å²) >= 11 is 0. The van der Waals surface area contributed by atoms with E-state index in [2.05, 4.69) is 43.4 Å². The van der Waals surface area contributed by atoms with Gasteiger partial charge in [-0.05, 0) is 83.5 Å². The lowest BCUT2D eigenvalue weighted by Crippen LogP contribution is -1.93. The first-order chi connectivity index (χ1) is 19.8. The molecule has 0 bridgehead atoms. The molecule has 0 aliphatic rings. The van der Waals surface area contributed by atoms with Gasteiger partial charge in [0, 0.05) is 12.8 Å². The van der Waals surface area contributed by atoms with Gasteiger partial charge < -0.3 is 0 Å². The van der Waals surface area contributed by atoms with Gasteiger partial charge in [-0.25, -0.2) is 0 Å². The number of carbonyl (C=O) groups is 1. The molecule has 0 atom stereocenters. The average molecular weight is 557 g/mol. The molecule has 0 radical (unpaired) electrons. The van der Waals surface area contributed by atoms with Gasteiger partial charge in [0.2, 0.25) is 0 Å². The standard InChI is InChI=1S/C39H72O/c1-3-5-6-7-8-9-10-11-12-13-14-15-16-17-18-19-20-21-22-23-24-25-26-27-28-29-30-31-32-33-34-35-36-37-38-39(40)4-2/h17-18,24-25,31-32H,3-16,19-23,26-30,33-38H2,1-2H3/b18-17+,25-24+,32-31+. The summed E-state index contributed by atoms with van der Waals surface area (Å²) < 4.78 is 0. The van der Waals surface area contributed by atoms with Crippen LogP contribution < -0.4 is 0 Å². The zero-order chi connectivity index (χ0) is 29.0. The van der Waals surface area contributed by atoms with Gasteiger partial charge in [0.1, 0.15) is 5.78 Å². The minimum absolute atomic E-state index is 0.421. The molecular formula is C39H72O. The van der Waals surface area contributed by atoms with Crippen molar-refractivity contribution in [3.05, 3.63) is 36.5 Å². The minimum atomic E-state index is 0.421. The molecule has 0 aromatic heterocycles. The highest BCUT2D eigenvalue weighted by atomic mass is 16.1. The molecule has 0 amide bonds. The Morgan fingerprint density at radius 2 is 0.600 bits per heavy atom. The van der Waals surface area contributed by atoms with Crippen LogP contribution in [0.3, 0.4) is 0 Å². The number of hydrogen-bond donors (Lipinski definition) is 0. The maximum absolute atomic E-state index is 11.3. The highest BCUT2D eigenvalue weighted by Crippen LogP contribution is 2.13. The van der Waals surface area contributed by atoms with Crippen molar-refractivity contribution in [2.75, 3.05) is 0 Å². The average Bonchev–Trinajstić information content (AvgIpc) is 2.97. The smallest absolute Gasteiger partial charge is 0.132 e. The van der Waals surface area contributed by atoms with Gasteiger partial charge in [0.15, 0.2) is 0 Å². The third kappa shape index (κ3) is 34.9. The summed E-state index contributed by atoms with van der Waals surface area (Å²) in [6.07, 6.45) is 53.7. The SMILES string of the molecule is CCCCCCCCCCCCCC/C=C/CCCCC/C=C/CCCCC/C=C/CCCCCCC(=O)CC. The molecule has 0 saturated heterocycles. The molecule has 0 aromatic carbocycles. The normalized spacial score (nSPS) is 12.1. The molecule has 234 valence electrons. The maximum atomic E-state index is 11.3. The van der Waals surface area contributed by atoms with E-state index in [1.807, 2.05) is 6.92 Å². The number of ketones is 1. The van der Waals surface area contributed by atoms with Crippen LogP contribution in [-0.2, 0) is 4.79 Å². The van der Waals surface area contributed by atoms with Gasteiger partial charge in [0.25, 0.3) is 0 Å². The number of allylic oxidation sites excluding steroid dienone is 6. The molecule has 0 unspecified atom stereocenters. The minimum Gasteiger partial charge on any atom is -0.300 e. The third-order valence-corrected chi connectivity index (χ3v) is 8.18. The molecular weight excluding hydrogens is 484 g/mol. The molecule has 0 spiro atoms. The first kappa shape index (κ1) is 38.9. The first-order valence-electron chi connectivity index (χ1n) is 18.3. The number of hydrogen-bond acceptors (Lipinski definition) is 1. The molecule has 0 heterocycles. The molecule has 1 heteroatoms. The molecule has 0 N–H and O–H groups in total. The van der Waals surface area contributed by atoms with Crippen LogP contribution in [0.25, 0.3) is 0 Å². The van der Waals surface area contributed by atoms with Gasteiger partial charge in [-0.3, -0.25) is 4.79 Å². The van der Waals surface area contributed by atoms with Crippen LogP contribution >= 0.6 is 0 Å². The Labute approximate surface area is 253 Å². The van der Waals surface area contributed by atoms with Crippen molar-refractivity contribution in [3.63, 3.8) is 0 Å². The van der Waals surface area contributed by atoms with E-state index < -0.39 is 0 Å². The fourth-order valence-electron chi connectivity index (χ4n) is 5.33. The zero-order valence-electron chi connectivity index (χ0n) is 27.6. The summed E-state index contributed by atoms with van der Waals surface area (Å²) in [7, 11) is 0. The summed E-state index contributed by atoms with van der Waals surface area (Å²) in [6.45, 7) is 4.26. The highest BCUT2D eigenvalue weighted by molar-refractivity contribution is 5.77. The number of carbonyl (C=O) groups excluding carboxylic acids is 1. The van der Waals surface area contributed by atoms with Crippen molar-refractivity contribution in [3.8, 4) is 0 Å². The first-order valence-corrected chi connectivity index (χ1v) is 18.3. The zero-order valence-corrected chi connectivity index (χ0v) is 27.6. The van der Waals surface area contributed by atoms with Gasteiger partial charge in [-0.2, -0.15) is 0 Å². The lowest BCUT2D eigenvalue weighted by atomic mass is 10.0. The molecule has 0 aliphatic carbocycles. The lowest BCUT2D eigenvalue weighted by Gasteiger charge is -2.02. The van der Waals surface area contributed by atoms with Crippen molar-refractivity contribution >= 4 is 5.78 Å². The van der Waals surface area contributed by atoms with Crippen molar-refractivity contribution in [2.45, 2.75) is 206 Å². The summed E-state index contributed by atoms with van der Waals surface area (Å²) in [5, 5.41) is 0. The van der Waals surface area contributed by atoms with Crippen molar-refractivity contribution < 1.29 is 4.79 Å². The Bertz CT molecular complexity index is 569. The Hall–Kier alpha value is -1.11. The van der Waals surface area contributed by atoms with Crippen molar-refractivity contribution in [2.24, 2.45) is 0 Å². The lowest BCUT2D eigenvalue weighted by molar-refractivity contribution is -0.118. The van der Waals surface area contributed by atoms with Crippen molar-refractivity contribution in [1.29, 1.82) is 0 Å². The Balaban J connectivity index is 3.21. The van der Waals surface area contributed by atoms with E-state index in [1.54, 1.807) is 0 Å². The molecule has 0 aromatic rings. The molecule has 0 aliphatic heterocycles. The van der Waals surface area contributed by atoms with Crippen LogP contribution in [0, 0.1) is 0 Å². The molecule has 0 fully saturated rings. The largest absolute Gasteiger partial charge is 0.300 e. The molecule has 0 saturated carbocycles. The van der Waals surface area contributed by atoms with Crippen LogP contribution in [-0.4, -0.2) is 5.78 Å². The Kier molecular flexibility index (Phi) is 34.9. The van der Waals surface area contributed by atoms with Crippen LogP contribution in [0.4, 0.5) is 0 Å². The second kappa shape index (κ2) is 35.9. The second-order valence-electron chi connectivity index (χ2n) is 12.2. The highest BCUT2D eigenvalue weighted by Gasteiger charge is 1.97. The van der Waals surface area contributed by atoms with E-state index >= 15 is 0 Å². The fourth-order valence-corrected chi connectivity index (χ4v) is 5.33.